The van der Waals surface area contributed by atoms with Crippen LogP contribution in [0.25, 0.3) is 0 Å². The zero-order valence-corrected chi connectivity index (χ0v) is 12.1. The van der Waals surface area contributed by atoms with Crippen LogP contribution in [0.5, 0.6) is 0 Å². The average Bonchev–Trinajstić information content (AvgIpc) is 2.85. The predicted molar refractivity (Wildman–Crippen MR) is 75.7 cm³/mol. The Labute approximate surface area is 121 Å². The molecule has 0 fully saturated rings. The normalized spacial score (nSPS) is 16.1. The Morgan fingerprint density at radius 3 is 2.85 bits per heavy atom. The number of nitrogens with two attached hydrogens (primary N) is 1. The van der Waals surface area contributed by atoms with Crippen LogP contribution in [0, 0.1) is 0 Å². The summed E-state index contributed by atoms with van der Waals surface area (Å²) >= 11 is 5.80. The van der Waals surface area contributed by atoms with Crippen molar-refractivity contribution in [1.82, 2.24) is 13.9 Å². The van der Waals surface area contributed by atoms with Gasteiger partial charge in [0.05, 0.1) is 12.2 Å². The van der Waals surface area contributed by atoms with Crippen LogP contribution < -0.4 is 5.73 Å². The molecule has 1 aromatic carbocycles. The van der Waals surface area contributed by atoms with Crippen molar-refractivity contribution in [3.63, 3.8) is 0 Å². The number of halogens is 1. The molecule has 0 spiro atoms. The van der Waals surface area contributed by atoms with Gasteiger partial charge in [-0.05, 0) is 18.2 Å². The maximum Gasteiger partial charge on any atom is 0.245 e. The summed E-state index contributed by atoms with van der Waals surface area (Å²) in [5, 5.41) is 0.413. The second kappa shape index (κ2) is 4.76. The fourth-order valence-electron chi connectivity index (χ4n) is 2.25. The van der Waals surface area contributed by atoms with Gasteiger partial charge in [0.1, 0.15) is 10.7 Å². The Kier molecular flexibility index (Phi) is 3.19. The number of nitrogen functional groups attached to an aromatic ring is 1. The molecule has 0 amide bonds. The molecule has 2 N–H and O–H groups in total. The van der Waals surface area contributed by atoms with Crippen molar-refractivity contribution >= 4 is 27.3 Å². The molecule has 106 valence electrons. The quantitative estimate of drug-likeness (QED) is 0.848. The molecule has 0 bridgehead atoms. The Bertz CT molecular complexity index is 757. The van der Waals surface area contributed by atoms with Crippen LogP contribution in [0.15, 0.2) is 35.5 Å². The summed E-state index contributed by atoms with van der Waals surface area (Å²) in [6.45, 7) is 1.23. The van der Waals surface area contributed by atoms with E-state index in [2.05, 4.69) is 4.98 Å². The van der Waals surface area contributed by atoms with Crippen molar-refractivity contribution in [3.8, 4) is 0 Å². The van der Waals surface area contributed by atoms with Gasteiger partial charge in [0, 0.05) is 30.5 Å². The topological polar surface area (TPSA) is 81.2 Å². The van der Waals surface area contributed by atoms with Crippen molar-refractivity contribution in [1.29, 1.82) is 0 Å². The first kappa shape index (κ1) is 13.4. The van der Waals surface area contributed by atoms with E-state index in [9.17, 15) is 8.42 Å². The molecule has 20 heavy (non-hydrogen) atoms. The summed E-state index contributed by atoms with van der Waals surface area (Å²) < 4.78 is 28.6. The van der Waals surface area contributed by atoms with Gasteiger partial charge in [-0.3, -0.25) is 0 Å². The molecule has 0 aliphatic carbocycles. The summed E-state index contributed by atoms with van der Waals surface area (Å²) in [5.74, 6) is 0.729. The van der Waals surface area contributed by atoms with E-state index in [0.717, 1.165) is 5.82 Å². The highest BCUT2D eigenvalue weighted by Crippen LogP contribution is 2.27. The van der Waals surface area contributed by atoms with Gasteiger partial charge in [0.25, 0.3) is 0 Å². The smallest absolute Gasteiger partial charge is 0.245 e. The first-order valence-electron chi connectivity index (χ1n) is 6.03. The first-order chi connectivity index (χ1) is 9.48. The largest absolute Gasteiger partial charge is 0.398 e. The minimum atomic E-state index is -3.63. The highest BCUT2D eigenvalue weighted by atomic mass is 35.5. The van der Waals surface area contributed by atoms with Crippen molar-refractivity contribution in [2.75, 3.05) is 12.3 Å². The summed E-state index contributed by atoms with van der Waals surface area (Å²) in [6.07, 6.45) is 3.51. The lowest BCUT2D eigenvalue weighted by molar-refractivity contribution is 0.335. The van der Waals surface area contributed by atoms with Crippen LogP contribution in [0.1, 0.15) is 5.82 Å². The molecular weight excluding hydrogens is 300 g/mol. The second-order valence-electron chi connectivity index (χ2n) is 4.56. The van der Waals surface area contributed by atoms with Crippen LogP contribution in [0.4, 0.5) is 5.69 Å². The molecule has 0 saturated carbocycles. The Morgan fingerprint density at radius 2 is 2.10 bits per heavy atom. The third-order valence-electron chi connectivity index (χ3n) is 3.30. The fourth-order valence-corrected chi connectivity index (χ4v) is 3.91. The van der Waals surface area contributed by atoms with Crippen LogP contribution in [-0.2, 0) is 23.1 Å². The molecule has 8 heteroatoms. The minimum Gasteiger partial charge on any atom is -0.398 e. The van der Waals surface area contributed by atoms with E-state index >= 15 is 0 Å². The molecule has 0 atom stereocenters. The number of fused-ring (bicyclic) bond motifs is 1. The number of sulfonamides is 1. The third kappa shape index (κ3) is 2.17. The Balaban J connectivity index is 1.97. The van der Waals surface area contributed by atoms with Crippen molar-refractivity contribution in [3.05, 3.63) is 41.4 Å². The number of rotatable bonds is 2. The fraction of sp³-hybridized carbons (Fsp3) is 0.250. The minimum absolute atomic E-state index is 0.0851. The molecule has 0 radical (unpaired) electrons. The zero-order valence-electron chi connectivity index (χ0n) is 10.5. The maximum atomic E-state index is 12.6. The third-order valence-corrected chi connectivity index (χ3v) is 5.45. The maximum absolute atomic E-state index is 12.6. The van der Waals surface area contributed by atoms with E-state index in [1.165, 1.54) is 22.5 Å². The van der Waals surface area contributed by atoms with Crippen molar-refractivity contribution in [2.24, 2.45) is 0 Å². The standard InChI is InChI=1S/C12H13ClN4O2S/c13-9-1-2-11(10(14)7-9)20(18,19)17-6-5-16-4-3-15-12(16)8-17/h1-4,7H,5-6,8,14H2. The number of hydrogen-bond donors (Lipinski definition) is 1. The van der Waals surface area contributed by atoms with E-state index in [4.69, 9.17) is 17.3 Å². The van der Waals surface area contributed by atoms with Crippen LogP contribution in [0.3, 0.4) is 0 Å². The average molecular weight is 313 g/mol. The number of nitrogens with zero attached hydrogens (tertiary/aromatic N) is 3. The molecule has 1 aliphatic rings. The van der Waals surface area contributed by atoms with E-state index in [-0.39, 0.29) is 17.1 Å². The molecule has 6 nitrogen and oxygen atoms in total. The zero-order chi connectivity index (χ0) is 14.3. The Morgan fingerprint density at radius 1 is 1.30 bits per heavy atom. The van der Waals surface area contributed by atoms with E-state index in [1.54, 1.807) is 6.20 Å². The van der Waals surface area contributed by atoms with Crippen molar-refractivity contribution in [2.45, 2.75) is 18.0 Å². The van der Waals surface area contributed by atoms with Gasteiger partial charge < -0.3 is 10.3 Å². The highest BCUT2D eigenvalue weighted by Gasteiger charge is 2.30. The molecule has 0 unspecified atom stereocenters. The molecule has 0 saturated heterocycles. The molecule has 2 heterocycles. The van der Waals surface area contributed by atoms with Gasteiger partial charge in [0.2, 0.25) is 10.0 Å². The van der Waals surface area contributed by atoms with Crippen LogP contribution in [-0.4, -0.2) is 28.8 Å². The number of anilines is 1. The van der Waals surface area contributed by atoms with E-state index in [0.29, 0.717) is 18.1 Å². The highest BCUT2D eigenvalue weighted by molar-refractivity contribution is 7.89. The van der Waals surface area contributed by atoms with E-state index in [1.807, 2.05) is 10.8 Å². The number of benzene rings is 1. The number of imidazole rings is 1. The van der Waals surface area contributed by atoms with E-state index < -0.39 is 10.0 Å². The monoisotopic (exact) mass is 312 g/mol. The van der Waals surface area contributed by atoms with Crippen molar-refractivity contribution < 1.29 is 8.42 Å². The lowest BCUT2D eigenvalue weighted by Crippen LogP contribution is -2.38. The van der Waals surface area contributed by atoms with Crippen LogP contribution >= 0.6 is 11.6 Å². The van der Waals surface area contributed by atoms with Gasteiger partial charge in [-0.1, -0.05) is 11.6 Å². The molecule has 1 aromatic heterocycles. The van der Waals surface area contributed by atoms with Gasteiger partial charge in [-0.15, -0.1) is 0 Å². The van der Waals surface area contributed by atoms with Crippen LogP contribution in [0.2, 0.25) is 5.02 Å². The van der Waals surface area contributed by atoms with Gasteiger partial charge in [-0.25, -0.2) is 13.4 Å². The summed E-state index contributed by atoms with van der Waals surface area (Å²) in [5.41, 5.74) is 5.94. The lowest BCUT2D eigenvalue weighted by atomic mass is 10.3. The first-order valence-corrected chi connectivity index (χ1v) is 7.85. The number of hydrogen-bond acceptors (Lipinski definition) is 4. The lowest BCUT2D eigenvalue weighted by Gasteiger charge is -2.27. The second-order valence-corrected chi connectivity index (χ2v) is 6.90. The molecule has 2 aromatic rings. The molecular formula is C12H13ClN4O2S. The van der Waals surface area contributed by atoms with Gasteiger partial charge >= 0.3 is 0 Å². The SMILES string of the molecule is Nc1cc(Cl)ccc1S(=O)(=O)N1CCn2ccnc2C1. The summed E-state index contributed by atoms with van der Waals surface area (Å²) in [4.78, 5) is 4.24. The molecule has 3 rings (SSSR count). The van der Waals surface area contributed by atoms with Gasteiger partial charge in [-0.2, -0.15) is 4.31 Å². The summed E-state index contributed by atoms with van der Waals surface area (Å²) in [6, 6.07) is 4.41. The molecule has 1 aliphatic heterocycles. The summed E-state index contributed by atoms with van der Waals surface area (Å²) in [7, 11) is -3.63. The predicted octanol–water partition coefficient (Wildman–Crippen LogP) is 1.32. The Hall–Kier alpha value is -1.57. The van der Waals surface area contributed by atoms with Gasteiger partial charge in [0.15, 0.2) is 0 Å². The number of aromatic nitrogens is 2.